The second-order valence-electron chi connectivity index (χ2n) is 8.34. The molecule has 0 saturated carbocycles. The summed E-state index contributed by atoms with van der Waals surface area (Å²) < 4.78 is 29.1. The van der Waals surface area contributed by atoms with E-state index in [2.05, 4.69) is 41.6 Å². The zero-order chi connectivity index (χ0) is 20.0. The Balaban J connectivity index is 1.18. The summed E-state index contributed by atoms with van der Waals surface area (Å²) in [7, 11) is 2.12. The van der Waals surface area contributed by atoms with Gasteiger partial charge in [0, 0.05) is 64.1 Å². The van der Waals surface area contributed by atoms with Crippen molar-refractivity contribution < 1.29 is 8.78 Å². The lowest BCUT2D eigenvalue weighted by atomic mass is 10.1. The number of aryl methyl sites for hydroxylation is 1. The van der Waals surface area contributed by atoms with Gasteiger partial charge in [-0.05, 0) is 13.5 Å². The molecule has 0 bridgehead atoms. The molecule has 0 radical (unpaired) electrons. The summed E-state index contributed by atoms with van der Waals surface area (Å²) >= 11 is 0. The highest BCUT2D eigenvalue weighted by atomic mass is 19.3. The summed E-state index contributed by atoms with van der Waals surface area (Å²) in [4.78, 5) is 15.2. The molecule has 0 aliphatic carbocycles. The standard InChI is InChI=1S/C19H26F2N8/c1-26(12-18-25-24-15-3-2-6-29(15)18)14-10-28(11-14)17-9-16(22-13-23-17)27-7-4-19(20,21)5-8-27/h9,13-14H,2-8,10-12H2,1H3. The van der Waals surface area contributed by atoms with E-state index in [4.69, 9.17) is 0 Å². The van der Waals surface area contributed by atoms with Gasteiger partial charge in [0.1, 0.15) is 29.6 Å². The number of hydrogen-bond acceptors (Lipinski definition) is 7. The van der Waals surface area contributed by atoms with E-state index < -0.39 is 5.92 Å². The van der Waals surface area contributed by atoms with Crippen molar-refractivity contribution in [1.82, 2.24) is 29.6 Å². The van der Waals surface area contributed by atoms with E-state index >= 15 is 0 Å². The van der Waals surface area contributed by atoms with Crippen molar-refractivity contribution in [1.29, 1.82) is 0 Å². The number of aromatic nitrogens is 5. The average molecular weight is 404 g/mol. The molecule has 2 fully saturated rings. The van der Waals surface area contributed by atoms with Crippen LogP contribution in [0, 0.1) is 0 Å². The fraction of sp³-hybridized carbons (Fsp3) is 0.684. The Morgan fingerprint density at radius 3 is 2.55 bits per heavy atom. The first kappa shape index (κ1) is 18.7. The van der Waals surface area contributed by atoms with Gasteiger partial charge >= 0.3 is 0 Å². The molecule has 10 heteroatoms. The van der Waals surface area contributed by atoms with Gasteiger partial charge in [0.25, 0.3) is 5.92 Å². The summed E-state index contributed by atoms with van der Waals surface area (Å²) in [5, 5.41) is 8.63. The molecule has 0 atom stereocenters. The summed E-state index contributed by atoms with van der Waals surface area (Å²) in [5.41, 5.74) is 0. The number of halogens is 2. The zero-order valence-corrected chi connectivity index (χ0v) is 16.6. The van der Waals surface area contributed by atoms with E-state index in [-0.39, 0.29) is 12.8 Å². The van der Waals surface area contributed by atoms with Gasteiger partial charge in [0.2, 0.25) is 0 Å². The number of piperidine rings is 1. The number of rotatable bonds is 5. The molecular formula is C19H26F2N8. The Kier molecular flexibility index (Phi) is 4.60. The van der Waals surface area contributed by atoms with Crippen molar-refractivity contribution in [3.63, 3.8) is 0 Å². The van der Waals surface area contributed by atoms with Crippen LogP contribution in [0.3, 0.4) is 0 Å². The third kappa shape index (κ3) is 3.65. The molecule has 3 aliphatic rings. The Bertz CT molecular complexity index is 869. The minimum atomic E-state index is -2.55. The predicted octanol–water partition coefficient (Wildman–Crippen LogP) is 1.57. The first-order valence-electron chi connectivity index (χ1n) is 10.3. The highest BCUT2D eigenvalue weighted by molar-refractivity contribution is 5.52. The third-order valence-corrected chi connectivity index (χ3v) is 6.34. The van der Waals surface area contributed by atoms with Gasteiger partial charge in [-0.1, -0.05) is 0 Å². The topological polar surface area (TPSA) is 66.2 Å². The summed E-state index contributed by atoms with van der Waals surface area (Å²) in [6, 6.07) is 2.35. The molecule has 2 aromatic heterocycles. The molecule has 2 saturated heterocycles. The minimum absolute atomic E-state index is 0.116. The molecule has 156 valence electrons. The van der Waals surface area contributed by atoms with Gasteiger partial charge in [-0.2, -0.15) is 0 Å². The second kappa shape index (κ2) is 7.16. The van der Waals surface area contributed by atoms with Crippen LogP contribution in [0.15, 0.2) is 12.4 Å². The molecule has 8 nitrogen and oxygen atoms in total. The first-order chi connectivity index (χ1) is 14.0. The van der Waals surface area contributed by atoms with Crippen molar-refractivity contribution in [2.75, 3.05) is 43.0 Å². The van der Waals surface area contributed by atoms with Crippen LogP contribution in [0.5, 0.6) is 0 Å². The number of hydrogen-bond donors (Lipinski definition) is 0. The van der Waals surface area contributed by atoms with E-state index in [0.717, 1.165) is 62.3 Å². The highest BCUT2D eigenvalue weighted by Gasteiger charge is 2.35. The normalized spacial score (nSPS) is 21.5. The number of alkyl halides is 2. The molecule has 0 unspecified atom stereocenters. The van der Waals surface area contributed by atoms with Crippen LogP contribution >= 0.6 is 0 Å². The van der Waals surface area contributed by atoms with Gasteiger partial charge < -0.3 is 14.4 Å². The Morgan fingerprint density at radius 1 is 1.07 bits per heavy atom. The maximum absolute atomic E-state index is 13.4. The van der Waals surface area contributed by atoms with Crippen molar-refractivity contribution >= 4 is 11.6 Å². The van der Waals surface area contributed by atoms with Gasteiger partial charge in [-0.15, -0.1) is 10.2 Å². The Labute approximate surface area is 168 Å². The molecule has 0 spiro atoms. The molecule has 0 N–H and O–H groups in total. The monoisotopic (exact) mass is 404 g/mol. The fourth-order valence-electron chi connectivity index (χ4n) is 4.35. The van der Waals surface area contributed by atoms with Crippen molar-refractivity contribution in [3.05, 3.63) is 24.0 Å². The summed E-state index contributed by atoms with van der Waals surface area (Å²) in [6.07, 6.45) is 3.49. The van der Waals surface area contributed by atoms with Crippen molar-refractivity contribution in [2.45, 2.75) is 50.7 Å². The Hall–Kier alpha value is -2.36. The van der Waals surface area contributed by atoms with Crippen LogP contribution in [0.2, 0.25) is 0 Å². The molecule has 0 aromatic carbocycles. The number of likely N-dealkylation sites (N-methyl/N-ethyl adjacent to an activating group) is 1. The van der Waals surface area contributed by atoms with Crippen LogP contribution < -0.4 is 9.80 Å². The molecule has 2 aromatic rings. The van der Waals surface area contributed by atoms with Crippen molar-refractivity contribution in [2.24, 2.45) is 0 Å². The SMILES string of the molecule is CN(Cc1nnc2n1CCC2)C1CN(c2cc(N3CCC(F)(F)CC3)ncn2)C1. The lowest BCUT2D eigenvalue weighted by Crippen LogP contribution is -2.58. The second-order valence-corrected chi connectivity index (χ2v) is 8.34. The molecule has 0 amide bonds. The average Bonchev–Trinajstić information content (AvgIpc) is 3.26. The van der Waals surface area contributed by atoms with Crippen LogP contribution in [-0.2, 0) is 19.5 Å². The molecule has 5 heterocycles. The lowest BCUT2D eigenvalue weighted by Gasteiger charge is -2.44. The third-order valence-electron chi connectivity index (χ3n) is 6.34. The number of nitrogens with zero attached hydrogens (tertiary/aromatic N) is 8. The van der Waals surface area contributed by atoms with E-state index in [1.165, 1.54) is 6.33 Å². The number of anilines is 2. The maximum atomic E-state index is 13.4. The lowest BCUT2D eigenvalue weighted by molar-refractivity contribution is -0.0221. The summed E-state index contributed by atoms with van der Waals surface area (Å²) in [5.74, 6) is 1.20. The van der Waals surface area contributed by atoms with E-state index in [1.807, 2.05) is 11.0 Å². The van der Waals surface area contributed by atoms with Crippen LogP contribution in [0.25, 0.3) is 0 Å². The fourth-order valence-corrected chi connectivity index (χ4v) is 4.35. The highest BCUT2D eigenvalue weighted by Crippen LogP contribution is 2.31. The molecular weight excluding hydrogens is 378 g/mol. The van der Waals surface area contributed by atoms with Crippen LogP contribution in [-0.4, -0.2) is 74.8 Å². The largest absolute Gasteiger partial charge is 0.356 e. The van der Waals surface area contributed by atoms with Gasteiger partial charge in [0.05, 0.1) is 6.54 Å². The quantitative estimate of drug-likeness (QED) is 0.749. The Morgan fingerprint density at radius 2 is 1.79 bits per heavy atom. The summed E-state index contributed by atoms with van der Waals surface area (Å²) in [6.45, 7) is 4.24. The van der Waals surface area contributed by atoms with Gasteiger partial charge in [0.15, 0.2) is 0 Å². The number of fused-ring (bicyclic) bond motifs is 1. The van der Waals surface area contributed by atoms with E-state index in [0.29, 0.717) is 19.1 Å². The van der Waals surface area contributed by atoms with Gasteiger partial charge in [-0.25, -0.2) is 18.7 Å². The van der Waals surface area contributed by atoms with Crippen molar-refractivity contribution in [3.8, 4) is 0 Å². The van der Waals surface area contributed by atoms with Gasteiger partial charge in [-0.3, -0.25) is 4.90 Å². The first-order valence-corrected chi connectivity index (χ1v) is 10.3. The smallest absolute Gasteiger partial charge is 0.251 e. The maximum Gasteiger partial charge on any atom is 0.251 e. The molecule has 29 heavy (non-hydrogen) atoms. The predicted molar refractivity (Wildman–Crippen MR) is 104 cm³/mol. The van der Waals surface area contributed by atoms with Crippen LogP contribution in [0.1, 0.15) is 30.9 Å². The van der Waals surface area contributed by atoms with E-state index in [9.17, 15) is 8.78 Å². The van der Waals surface area contributed by atoms with Crippen LogP contribution in [0.4, 0.5) is 20.4 Å². The van der Waals surface area contributed by atoms with E-state index in [1.54, 1.807) is 0 Å². The molecule has 5 rings (SSSR count). The zero-order valence-electron chi connectivity index (χ0n) is 16.6. The molecule has 3 aliphatic heterocycles. The minimum Gasteiger partial charge on any atom is -0.356 e.